The molecule has 28 heavy (non-hydrogen) atoms. The van der Waals surface area contributed by atoms with Crippen LogP contribution in [0.15, 0.2) is 29.3 Å². The van der Waals surface area contributed by atoms with Gasteiger partial charge in [0.2, 0.25) is 0 Å². The lowest BCUT2D eigenvalue weighted by Gasteiger charge is -2.15. The second-order valence-electron chi connectivity index (χ2n) is 7.04. The van der Waals surface area contributed by atoms with Gasteiger partial charge in [0, 0.05) is 32.8 Å². The molecular formula is C20H31IN4O3. The normalized spacial score (nSPS) is 18.9. The van der Waals surface area contributed by atoms with Crippen molar-refractivity contribution < 1.29 is 14.3 Å². The Balaban J connectivity index is 0.00000280. The van der Waals surface area contributed by atoms with E-state index >= 15 is 0 Å². The van der Waals surface area contributed by atoms with Crippen LogP contribution in [0, 0.1) is 0 Å². The van der Waals surface area contributed by atoms with Crippen LogP contribution in [-0.4, -0.2) is 57.4 Å². The summed E-state index contributed by atoms with van der Waals surface area (Å²) >= 11 is 0. The predicted octanol–water partition coefficient (Wildman–Crippen LogP) is 1.85. The molecule has 0 spiro atoms. The fourth-order valence-corrected chi connectivity index (χ4v) is 2.96. The van der Waals surface area contributed by atoms with E-state index < -0.39 is 0 Å². The van der Waals surface area contributed by atoms with E-state index in [9.17, 15) is 4.79 Å². The monoisotopic (exact) mass is 502 g/mol. The molecule has 1 unspecified atom stereocenters. The number of nitrogens with zero attached hydrogens (tertiary/aromatic N) is 1. The Bertz CT molecular complexity index is 629. The Labute approximate surface area is 184 Å². The minimum absolute atomic E-state index is 0. The van der Waals surface area contributed by atoms with Crippen molar-refractivity contribution in [1.29, 1.82) is 0 Å². The molecule has 1 saturated carbocycles. The average molecular weight is 502 g/mol. The van der Waals surface area contributed by atoms with E-state index in [4.69, 9.17) is 9.47 Å². The van der Waals surface area contributed by atoms with Gasteiger partial charge in [-0.25, -0.2) is 0 Å². The fourth-order valence-electron chi connectivity index (χ4n) is 2.96. The van der Waals surface area contributed by atoms with Gasteiger partial charge in [0.15, 0.2) is 12.6 Å². The fraction of sp³-hybridized carbons (Fsp3) is 0.600. The summed E-state index contributed by atoms with van der Waals surface area (Å²) in [6, 6.07) is 8.23. The zero-order valence-corrected chi connectivity index (χ0v) is 18.7. The molecule has 2 fully saturated rings. The van der Waals surface area contributed by atoms with Gasteiger partial charge >= 0.3 is 0 Å². The van der Waals surface area contributed by atoms with Crippen molar-refractivity contribution in [2.24, 2.45) is 4.99 Å². The molecule has 0 radical (unpaired) electrons. The summed E-state index contributed by atoms with van der Waals surface area (Å²) in [7, 11) is 1.77. The third-order valence-corrected chi connectivity index (χ3v) is 4.69. The summed E-state index contributed by atoms with van der Waals surface area (Å²) in [6.45, 7) is 2.52. The van der Waals surface area contributed by atoms with Crippen molar-refractivity contribution in [3.05, 3.63) is 29.8 Å². The number of nitrogens with one attached hydrogen (secondary N) is 3. The Hall–Kier alpha value is -1.55. The first-order chi connectivity index (χ1) is 13.2. The van der Waals surface area contributed by atoms with Gasteiger partial charge in [-0.1, -0.05) is 12.1 Å². The van der Waals surface area contributed by atoms with Crippen LogP contribution in [0.1, 0.15) is 31.2 Å². The molecule has 1 heterocycles. The molecule has 8 heteroatoms. The highest BCUT2D eigenvalue weighted by Gasteiger charge is 2.23. The molecule has 2 aliphatic rings. The summed E-state index contributed by atoms with van der Waals surface area (Å²) in [4.78, 5) is 15.9. The Kier molecular flexibility index (Phi) is 9.83. The Morgan fingerprint density at radius 1 is 1.21 bits per heavy atom. The lowest BCUT2D eigenvalue weighted by molar-refractivity contribution is -0.123. The number of amides is 1. The van der Waals surface area contributed by atoms with Gasteiger partial charge in [0.05, 0.1) is 6.10 Å². The molecule has 1 atom stereocenters. The zero-order valence-electron chi connectivity index (χ0n) is 16.4. The molecule has 1 saturated heterocycles. The highest BCUT2D eigenvalue weighted by atomic mass is 127. The third-order valence-electron chi connectivity index (χ3n) is 4.69. The molecule has 3 N–H and O–H groups in total. The number of guanidine groups is 1. The number of benzene rings is 1. The summed E-state index contributed by atoms with van der Waals surface area (Å²) in [5.74, 6) is 1.46. The molecule has 3 rings (SSSR count). The van der Waals surface area contributed by atoms with Crippen LogP contribution in [0.5, 0.6) is 5.75 Å². The van der Waals surface area contributed by atoms with Gasteiger partial charge in [0.1, 0.15) is 5.75 Å². The maximum atomic E-state index is 11.6. The van der Waals surface area contributed by atoms with E-state index in [0.717, 1.165) is 57.8 Å². The number of rotatable bonds is 9. The minimum atomic E-state index is -0.0485. The topological polar surface area (TPSA) is 84.0 Å². The first-order valence-corrected chi connectivity index (χ1v) is 9.80. The second kappa shape index (κ2) is 12.1. The van der Waals surface area contributed by atoms with E-state index in [0.29, 0.717) is 17.9 Å². The molecule has 7 nitrogen and oxygen atoms in total. The molecule has 1 amide bonds. The molecule has 1 aromatic carbocycles. The van der Waals surface area contributed by atoms with Crippen LogP contribution in [0.4, 0.5) is 0 Å². The molecule has 1 aromatic rings. The van der Waals surface area contributed by atoms with Crippen molar-refractivity contribution in [3.63, 3.8) is 0 Å². The van der Waals surface area contributed by atoms with Crippen LogP contribution < -0.4 is 20.7 Å². The van der Waals surface area contributed by atoms with Crippen molar-refractivity contribution in [2.75, 3.05) is 33.4 Å². The van der Waals surface area contributed by atoms with Crippen molar-refractivity contribution in [1.82, 2.24) is 16.0 Å². The number of aliphatic imine (C=N–C) groups is 1. The minimum Gasteiger partial charge on any atom is -0.484 e. The van der Waals surface area contributed by atoms with E-state index in [2.05, 4.69) is 20.9 Å². The highest BCUT2D eigenvalue weighted by molar-refractivity contribution is 14.0. The summed E-state index contributed by atoms with van der Waals surface area (Å²) in [6.07, 6.45) is 5.60. The Morgan fingerprint density at radius 3 is 2.64 bits per heavy atom. The molecule has 1 aliphatic heterocycles. The number of ether oxygens (including phenoxy) is 2. The first kappa shape index (κ1) is 22.7. The van der Waals surface area contributed by atoms with Crippen LogP contribution in [-0.2, 0) is 16.0 Å². The van der Waals surface area contributed by atoms with E-state index in [-0.39, 0.29) is 36.5 Å². The number of hydrogen-bond acceptors (Lipinski definition) is 4. The number of carbonyl (C=O) groups is 1. The van der Waals surface area contributed by atoms with Crippen molar-refractivity contribution >= 4 is 35.8 Å². The van der Waals surface area contributed by atoms with E-state index in [1.807, 2.05) is 24.3 Å². The van der Waals surface area contributed by atoms with Gasteiger partial charge in [0.25, 0.3) is 5.91 Å². The van der Waals surface area contributed by atoms with Gasteiger partial charge in [-0.3, -0.25) is 9.79 Å². The van der Waals surface area contributed by atoms with E-state index in [1.54, 1.807) is 7.05 Å². The lowest BCUT2D eigenvalue weighted by Crippen LogP contribution is -2.41. The quantitative estimate of drug-likeness (QED) is 0.273. The predicted molar refractivity (Wildman–Crippen MR) is 121 cm³/mol. The smallest absolute Gasteiger partial charge is 0.258 e. The maximum absolute atomic E-state index is 11.6. The van der Waals surface area contributed by atoms with Crippen molar-refractivity contribution in [2.45, 2.75) is 44.2 Å². The molecular weight excluding hydrogens is 471 g/mol. The van der Waals surface area contributed by atoms with Gasteiger partial charge in [-0.05, 0) is 49.8 Å². The highest BCUT2D eigenvalue weighted by Crippen LogP contribution is 2.18. The van der Waals surface area contributed by atoms with Crippen LogP contribution in [0.25, 0.3) is 0 Å². The van der Waals surface area contributed by atoms with Crippen LogP contribution in [0.2, 0.25) is 0 Å². The van der Waals surface area contributed by atoms with Crippen LogP contribution >= 0.6 is 24.0 Å². The van der Waals surface area contributed by atoms with Gasteiger partial charge < -0.3 is 25.4 Å². The summed E-state index contributed by atoms with van der Waals surface area (Å²) in [5, 5.41) is 9.54. The lowest BCUT2D eigenvalue weighted by atomic mass is 10.1. The largest absolute Gasteiger partial charge is 0.484 e. The molecule has 156 valence electrons. The molecule has 0 aromatic heterocycles. The summed E-state index contributed by atoms with van der Waals surface area (Å²) in [5.41, 5.74) is 1.20. The number of hydrogen-bond donors (Lipinski definition) is 3. The number of halogens is 1. The Morgan fingerprint density at radius 2 is 2.00 bits per heavy atom. The zero-order chi connectivity index (χ0) is 18.9. The van der Waals surface area contributed by atoms with Crippen molar-refractivity contribution in [3.8, 4) is 5.75 Å². The molecule has 0 bridgehead atoms. The second-order valence-corrected chi connectivity index (χ2v) is 7.04. The maximum Gasteiger partial charge on any atom is 0.258 e. The van der Waals surface area contributed by atoms with Crippen LogP contribution in [0.3, 0.4) is 0 Å². The summed E-state index contributed by atoms with van der Waals surface area (Å²) < 4.78 is 11.1. The first-order valence-electron chi connectivity index (χ1n) is 9.80. The number of carbonyl (C=O) groups excluding carboxylic acids is 1. The molecule has 1 aliphatic carbocycles. The standard InChI is InChI=1S/C20H30N4O3.HI/c1-21-20(23-13-18-3-2-12-26-18)22-11-10-15-4-8-17(9-5-15)27-14-19(25)24-16-6-7-16;/h4-5,8-9,16,18H,2-3,6-7,10-14H2,1H3,(H,24,25)(H2,21,22,23);1H. The third kappa shape index (κ3) is 8.22. The average Bonchev–Trinajstić information content (AvgIpc) is 3.34. The van der Waals surface area contributed by atoms with Gasteiger partial charge in [-0.2, -0.15) is 0 Å². The van der Waals surface area contributed by atoms with Gasteiger partial charge in [-0.15, -0.1) is 24.0 Å². The van der Waals surface area contributed by atoms with E-state index in [1.165, 1.54) is 5.56 Å². The SMILES string of the molecule is CN=C(NCCc1ccc(OCC(=O)NC2CC2)cc1)NCC1CCCO1.I.